The van der Waals surface area contributed by atoms with E-state index in [1.807, 2.05) is 0 Å². The molecule has 7 heteroatoms. The van der Waals surface area contributed by atoms with Crippen LogP contribution in [0.15, 0.2) is 10.9 Å². The van der Waals surface area contributed by atoms with Crippen LogP contribution in [-0.4, -0.2) is 38.3 Å². The number of fused-ring (bicyclic) bond motifs is 1. The third kappa shape index (κ3) is 2.03. The lowest BCUT2D eigenvalue weighted by atomic mass is 10.2. The number of anilines is 1. The minimum atomic E-state index is -0.313. The van der Waals surface area contributed by atoms with E-state index in [2.05, 4.69) is 15.3 Å². The maximum Gasteiger partial charge on any atom is 0.264 e. The third-order valence-corrected chi connectivity index (χ3v) is 2.74. The van der Waals surface area contributed by atoms with E-state index >= 15 is 0 Å². The van der Waals surface area contributed by atoms with Crippen molar-refractivity contribution in [3.05, 3.63) is 16.4 Å². The van der Waals surface area contributed by atoms with Crippen LogP contribution in [0, 0.1) is 0 Å². The van der Waals surface area contributed by atoms with Gasteiger partial charge in [0.05, 0.1) is 26.8 Å². The monoisotopic (exact) mass is 265 g/mol. The minimum absolute atomic E-state index is 0.299. The molecule has 2 N–H and O–H groups in total. The van der Waals surface area contributed by atoms with E-state index in [-0.39, 0.29) is 5.56 Å². The van der Waals surface area contributed by atoms with Gasteiger partial charge in [0.15, 0.2) is 11.5 Å². The normalized spacial score (nSPS) is 10.3. The van der Waals surface area contributed by atoms with E-state index in [1.165, 1.54) is 21.3 Å². The van der Waals surface area contributed by atoms with E-state index in [1.54, 1.807) is 13.1 Å². The van der Waals surface area contributed by atoms with Crippen LogP contribution < -0.4 is 25.1 Å². The number of hydrogen-bond donors (Lipinski definition) is 2. The number of nitrogens with zero attached hydrogens (tertiary/aromatic N) is 1. The zero-order chi connectivity index (χ0) is 14.0. The van der Waals surface area contributed by atoms with Crippen LogP contribution in [0.5, 0.6) is 17.2 Å². The maximum absolute atomic E-state index is 12.1. The second kappa shape index (κ2) is 5.05. The first-order chi connectivity index (χ1) is 9.15. The van der Waals surface area contributed by atoms with E-state index in [4.69, 9.17) is 14.2 Å². The molecule has 1 aromatic carbocycles. The topological polar surface area (TPSA) is 85.5 Å². The van der Waals surface area contributed by atoms with Gasteiger partial charge in [0.25, 0.3) is 5.56 Å². The largest absolute Gasteiger partial charge is 0.493 e. The number of aromatic amines is 1. The van der Waals surface area contributed by atoms with Gasteiger partial charge in [-0.2, -0.15) is 0 Å². The third-order valence-electron chi connectivity index (χ3n) is 2.74. The van der Waals surface area contributed by atoms with Gasteiger partial charge in [0.1, 0.15) is 5.39 Å². The van der Waals surface area contributed by atoms with Gasteiger partial charge < -0.3 is 19.5 Å². The predicted molar refractivity (Wildman–Crippen MR) is 71.6 cm³/mol. The van der Waals surface area contributed by atoms with Gasteiger partial charge in [-0.15, -0.1) is 0 Å². The second-order valence-corrected chi connectivity index (χ2v) is 3.70. The zero-order valence-corrected chi connectivity index (χ0v) is 11.2. The highest BCUT2D eigenvalue weighted by Crippen LogP contribution is 2.41. The molecule has 2 rings (SSSR count). The molecule has 1 aromatic heterocycles. The molecule has 0 aliphatic rings. The molecule has 0 saturated carbocycles. The summed E-state index contributed by atoms with van der Waals surface area (Å²) in [5.41, 5.74) is 0.148. The van der Waals surface area contributed by atoms with Crippen molar-refractivity contribution in [2.45, 2.75) is 0 Å². The van der Waals surface area contributed by atoms with Crippen molar-refractivity contribution in [2.24, 2.45) is 0 Å². The van der Waals surface area contributed by atoms with Crippen molar-refractivity contribution < 1.29 is 14.2 Å². The standard InChI is InChI=1S/C12H15N3O4/c1-13-12-14-6-5-7(17-2)9(18-3)10(19-4)8(6)11(16)15-12/h5H,1-4H3,(H2,13,14,15,16). The van der Waals surface area contributed by atoms with Crippen molar-refractivity contribution in [3.8, 4) is 17.2 Å². The smallest absolute Gasteiger partial charge is 0.264 e. The second-order valence-electron chi connectivity index (χ2n) is 3.70. The quantitative estimate of drug-likeness (QED) is 0.857. The molecule has 0 atom stereocenters. The Balaban J connectivity index is 2.92. The Morgan fingerprint density at radius 2 is 1.84 bits per heavy atom. The molecule has 102 valence electrons. The van der Waals surface area contributed by atoms with Crippen LogP contribution in [0.4, 0.5) is 5.95 Å². The van der Waals surface area contributed by atoms with Crippen LogP contribution in [0.1, 0.15) is 0 Å². The number of methoxy groups -OCH3 is 3. The molecule has 0 unspecified atom stereocenters. The lowest BCUT2D eigenvalue weighted by Gasteiger charge is -2.14. The molecular weight excluding hydrogens is 250 g/mol. The van der Waals surface area contributed by atoms with Crippen molar-refractivity contribution >= 4 is 16.9 Å². The van der Waals surface area contributed by atoms with Gasteiger partial charge in [-0.1, -0.05) is 0 Å². The fourth-order valence-corrected chi connectivity index (χ4v) is 1.89. The Bertz CT molecular complexity index is 666. The number of aromatic nitrogens is 2. The summed E-state index contributed by atoms with van der Waals surface area (Å²) in [6.07, 6.45) is 0. The molecule has 0 aliphatic carbocycles. The first-order valence-electron chi connectivity index (χ1n) is 5.57. The van der Waals surface area contributed by atoms with Crippen molar-refractivity contribution in [2.75, 3.05) is 33.7 Å². The van der Waals surface area contributed by atoms with Crippen LogP contribution in [-0.2, 0) is 0 Å². The molecule has 19 heavy (non-hydrogen) atoms. The zero-order valence-electron chi connectivity index (χ0n) is 11.2. The molecule has 0 saturated heterocycles. The van der Waals surface area contributed by atoms with Gasteiger partial charge in [-0.25, -0.2) is 4.98 Å². The summed E-state index contributed by atoms with van der Waals surface area (Å²) in [5, 5.41) is 3.10. The highest BCUT2D eigenvalue weighted by molar-refractivity contribution is 5.90. The van der Waals surface area contributed by atoms with Gasteiger partial charge in [0, 0.05) is 13.1 Å². The highest BCUT2D eigenvalue weighted by atomic mass is 16.5. The van der Waals surface area contributed by atoms with Gasteiger partial charge >= 0.3 is 0 Å². The summed E-state index contributed by atoms with van der Waals surface area (Å²) in [6.45, 7) is 0. The maximum atomic E-state index is 12.1. The summed E-state index contributed by atoms with van der Waals surface area (Å²) < 4.78 is 15.7. The molecule has 7 nitrogen and oxygen atoms in total. The molecule has 0 bridgehead atoms. The van der Waals surface area contributed by atoms with E-state index in [9.17, 15) is 4.79 Å². The number of nitrogens with one attached hydrogen (secondary N) is 2. The SMILES string of the molecule is CNc1nc2cc(OC)c(OC)c(OC)c2c(=O)[nH]1. The molecular formula is C12H15N3O4. The lowest BCUT2D eigenvalue weighted by Crippen LogP contribution is -2.13. The molecule has 0 amide bonds. The average Bonchev–Trinajstić information content (AvgIpc) is 2.44. The average molecular weight is 265 g/mol. The lowest BCUT2D eigenvalue weighted by molar-refractivity contribution is 0.327. The summed E-state index contributed by atoms with van der Waals surface area (Å²) in [4.78, 5) is 19.0. The van der Waals surface area contributed by atoms with Crippen LogP contribution in [0.25, 0.3) is 10.9 Å². The first kappa shape index (κ1) is 13.0. The van der Waals surface area contributed by atoms with Crippen molar-refractivity contribution in [3.63, 3.8) is 0 Å². The molecule has 0 fully saturated rings. The Labute approximate surface area is 109 Å². The minimum Gasteiger partial charge on any atom is -0.493 e. The summed E-state index contributed by atoms with van der Waals surface area (Å²) in [5.74, 6) is 1.48. The van der Waals surface area contributed by atoms with Gasteiger partial charge in [-0.3, -0.25) is 9.78 Å². The number of ether oxygens (including phenoxy) is 3. The fraction of sp³-hybridized carbons (Fsp3) is 0.333. The predicted octanol–water partition coefficient (Wildman–Crippen LogP) is 0.991. The van der Waals surface area contributed by atoms with E-state index in [0.29, 0.717) is 34.1 Å². The summed E-state index contributed by atoms with van der Waals surface area (Å²) >= 11 is 0. The Morgan fingerprint density at radius 1 is 1.16 bits per heavy atom. The molecule has 0 spiro atoms. The molecule has 1 heterocycles. The number of rotatable bonds is 4. The molecule has 0 aliphatic heterocycles. The number of benzene rings is 1. The Hall–Kier alpha value is -2.44. The Morgan fingerprint density at radius 3 is 2.37 bits per heavy atom. The highest BCUT2D eigenvalue weighted by Gasteiger charge is 2.19. The van der Waals surface area contributed by atoms with Gasteiger partial charge in [0.2, 0.25) is 11.7 Å². The van der Waals surface area contributed by atoms with Crippen LogP contribution in [0.3, 0.4) is 0 Å². The van der Waals surface area contributed by atoms with Gasteiger partial charge in [-0.05, 0) is 0 Å². The molecule has 2 aromatic rings. The van der Waals surface area contributed by atoms with Crippen LogP contribution >= 0.6 is 0 Å². The Kier molecular flexibility index (Phi) is 3.46. The van der Waals surface area contributed by atoms with Crippen LogP contribution in [0.2, 0.25) is 0 Å². The summed E-state index contributed by atoms with van der Waals surface area (Å²) in [7, 11) is 6.12. The number of H-pyrrole nitrogens is 1. The molecule has 0 radical (unpaired) electrons. The van der Waals surface area contributed by atoms with Crippen molar-refractivity contribution in [1.29, 1.82) is 0 Å². The van der Waals surface area contributed by atoms with Crippen molar-refractivity contribution in [1.82, 2.24) is 9.97 Å². The van der Waals surface area contributed by atoms with E-state index < -0.39 is 0 Å². The van der Waals surface area contributed by atoms with E-state index in [0.717, 1.165) is 0 Å². The fourth-order valence-electron chi connectivity index (χ4n) is 1.89. The first-order valence-corrected chi connectivity index (χ1v) is 5.57. The summed E-state index contributed by atoms with van der Waals surface area (Å²) in [6, 6.07) is 1.63. The number of hydrogen-bond acceptors (Lipinski definition) is 6.